The summed E-state index contributed by atoms with van der Waals surface area (Å²) in [6, 6.07) is -0.410. The monoisotopic (exact) mass is 268 g/mol. The summed E-state index contributed by atoms with van der Waals surface area (Å²) in [5.74, 6) is 0.580. The molecule has 0 aromatic carbocycles. The van der Waals surface area contributed by atoms with Crippen LogP contribution in [0.2, 0.25) is 0 Å². The van der Waals surface area contributed by atoms with Crippen LogP contribution in [0.5, 0.6) is 0 Å². The van der Waals surface area contributed by atoms with Gasteiger partial charge in [0.05, 0.1) is 6.42 Å². The molecular formula is C14H24N2O3. The zero-order valence-electron chi connectivity index (χ0n) is 11.6. The van der Waals surface area contributed by atoms with E-state index in [0.29, 0.717) is 5.92 Å². The van der Waals surface area contributed by atoms with Gasteiger partial charge in [-0.3, -0.25) is 4.79 Å². The lowest BCUT2D eigenvalue weighted by Gasteiger charge is -2.41. The first-order chi connectivity index (χ1) is 9.06. The van der Waals surface area contributed by atoms with Crippen LogP contribution in [-0.4, -0.2) is 41.1 Å². The van der Waals surface area contributed by atoms with Crippen molar-refractivity contribution in [3.05, 3.63) is 0 Å². The van der Waals surface area contributed by atoms with E-state index in [0.717, 1.165) is 25.4 Å². The van der Waals surface area contributed by atoms with Gasteiger partial charge in [0.2, 0.25) is 0 Å². The maximum absolute atomic E-state index is 12.1. The Labute approximate surface area is 114 Å². The molecule has 19 heavy (non-hydrogen) atoms. The molecule has 1 aliphatic carbocycles. The van der Waals surface area contributed by atoms with Crippen LogP contribution in [0.3, 0.4) is 0 Å². The number of aliphatic carboxylic acids is 1. The summed E-state index contributed by atoms with van der Waals surface area (Å²) in [6.07, 6.45) is 6.25. The van der Waals surface area contributed by atoms with Crippen LogP contribution in [-0.2, 0) is 4.79 Å². The molecule has 2 rings (SSSR count). The summed E-state index contributed by atoms with van der Waals surface area (Å²) in [5.41, 5.74) is 0. The van der Waals surface area contributed by atoms with Crippen LogP contribution in [0.1, 0.15) is 45.4 Å². The first-order valence-corrected chi connectivity index (χ1v) is 7.33. The van der Waals surface area contributed by atoms with Crippen molar-refractivity contribution in [2.75, 3.05) is 13.1 Å². The number of hydrogen-bond acceptors (Lipinski definition) is 2. The number of carbonyl (C=O) groups excluding carboxylic acids is 1. The molecule has 2 amide bonds. The van der Waals surface area contributed by atoms with Crippen molar-refractivity contribution in [1.29, 1.82) is 0 Å². The Balaban J connectivity index is 1.81. The number of carbonyl (C=O) groups is 2. The van der Waals surface area contributed by atoms with Crippen LogP contribution in [0.15, 0.2) is 0 Å². The fourth-order valence-corrected chi connectivity index (χ4v) is 3.40. The molecule has 1 saturated heterocycles. The first-order valence-electron chi connectivity index (χ1n) is 7.33. The zero-order chi connectivity index (χ0) is 13.8. The second-order valence-corrected chi connectivity index (χ2v) is 5.99. The van der Waals surface area contributed by atoms with Gasteiger partial charge in [-0.25, -0.2) is 4.79 Å². The van der Waals surface area contributed by atoms with Gasteiger partial charge in [-0.05, 0) is 31.6 Å². The molecule has 0 spiro atoms. The molecule has 2 N–H and O–H groups in total. The highest BCUT2D eigenvalue weighted by Crippen LogP contribution is 2.35. The molecule has 108 valence electrons. The van der Waals surface area contributed by atoms with E-state index in [1.807, 2.05) is 4.90 Å². The van der Waals surface area contributed by atoms with Crippen molar-refractivity contribution >= 4 is 12.0 Å². The molecule has 3 atom stereocenters. The van der Waals surface area contributed by atoms with E-state index in [-0.39, 0.29) is 18.5 Å². The van der Waals surface area contributed by atoms with Crippen LogP contribution < -0.4 is 5.32 Å². The predicted octanol–water partition coefficient (Wildman–Crippen LogP) is 2.07. The van der Waals surface area contributed by atoms with Gasteiger partial charge in [-0.2, -0.15) is 0 Å². The average molecular weight is 268 g/mol. The third-order valence-corrected chi connectivity index (χ3v) is 4.43. The zero-order valence-corrected chi connectivity index (χ0v) is 11.6. The van der Waals surface area contributed by atoms with Gasteiger partial charge >= 0.3 is 12.0 Å². The number of nitrogens with zero attached hydrogens (tertiary/aromatic N) is 1. The van der Waals surface area contributed by atoms with Gasteiger partial charge in [0, 0.05) is 19.1 Å². The molecule has 0 aromatic heterocycles. The maximum Gasteiger partial charge on any atom is 0.317 e. The standard InChI is InChI=1S/C14H24N2O3/c1-10(8-13(17)18)15-14(19)16-7-6-11-4-2-3-5-12(11)9-16/h10-12H,2-9H2,1H3,(H,15,19)(H,17,18). The lowest BCUT2D eigenvalue weighted by molar-refractivity contribution is -0.137. The van der Waals surface area contributed by atoms with E-state index in [1.54, 1.807) is 6.92 Å². The van der Waals surface area contributed by atoms with E-state index in [1.165, 1.54) is 25.7 Å². The van der Waals surface area contributed by atoms with Crippen molar-refractivity contribution in [2.45, 2.75) is 51.5 Å². The average Bonchev–Trinajstić information content (AvgIpc) is 2.37. The Bertz CT molecular complexity index is 346. The normalized spacial score (nSPS) is 28.4. The molecule has 1 heterocycles. The number of amides is 2. The lowest BCUT2D eigenvalue weighted by Crippen LogP contribution is -2.50. The van der Waals surface area contributed by atoms with E-state index in [2.05, 4.69) is 5.32 Å². The second-order valence-electron chi connectivity index (χ2n) is 5.99. The summed E-state index contributed by atoms with van der Waals surface area (Å²) in [5, 5.41) is 11.5. The number of nitrogens with one attached hydrogen (secondary N) is 1. The lowest BCUT2D eigenvalue weighted by atomic mass is 9.75. The third-order valence-electron chi connectivity index (χ3n) is 4.43. The van der Waals surface area contributed by atoms with Crippen molar-refractivity contribution in [3.63, 3.8) is 0 Å². The molecular weight excluding hydrogens is 244 g/mol. The molecule has 2 aliphatic rings. The fraction of sp³-hybridized carbons (Fsp3) is 0.857. The molecule has 5 nitrogen and oxygen atoms in total. The van der Waals surface area contributed by atoms with Crippen molar-refractivity contribution in [3.8, 4) is 0 Å². The highest BCUT2D eigenvalue weighted by atomic mass is 16.4. The Morgan fingerprint density at radius 2 is 1.95 bits per heavy atom. The summed E-state index contributed by atoms with van der Waals surface area (Å²) in [4.78, 5) is 24.5. The molecule has 2 fully saturated rings. The molecule has 3 unspecified atom stereocenters. The largest absolute Gasteiger partial charge is 0.481 e. The van der Waals surface area contributed by atoms with Crippen molar-refractivity contribution in [1.82, 2.24) is 10.2 Å². The minimum absolute atomic E-state index is 0.0222. The topological polar surface area (TPSA) is 69.6 Å². The van der Waals surface area contributed by atoms with Gasteiger partial charge in [-0.15, -0.1) is 0 Å². The molecule has 5 heteroatoms. The minimum Gasteiger partial charge on any atom is -0.481 e. The smallest absolute Gasteiger partial charge is 0.317 e. The number of likely N-dealkylation sites (tertiary alicyclic amines) is 1. The van der Waals surface area contributed by atoms with Crippen LogP contribution in [0.25, 0.3) is 0 Å². The number of carboxylic acids is 1. The number of carboxylic acid groups (broad SMARTS) is 1. The summed E-state index contributed by atoms with van der Waals surface area (Å²) in [6.45, 7) is 3.39. The summed E-state index contributed by atoms with van der Waals surface area (Å²) >= 11 is 0. The van der Waals surface area contributed by atoms with Crippen LogP contribution >= 0.6 is 0 Å². The Hall–Kier alpha value is -1.26. The highest BCUT2D eigenvalue weighted by Gasteiger charge is 2.33. The van der Waals surface area contributed by atoms with Gasteiger partial charge in [0.25, 0.3) is 0 Å². The minimum atomic E-state index is -0.876. The summed E-state index contributed by atoms with van der Waals surface area (Å²) in [7, 11) is 0. The Morgan fingerprint density at radius 3 is 2.63 bits per heavy atom. The van der Waals surface area contributed by atoms with Gasteiger partial charge in [-0.1, -0.05) is 19.3 Å². The Morgan fingerprint density at radius 1 is 1.26 bits per heavy atom. The first kappa shape index (κ1) is 14.2. The van der Waals surface area contributed by atoms with Gasteiger partial charge in [0.1, 0.15) is 0 Å². The van der Waals surface area contributed by atoms with E-state index < -0.39 is 5.97 Å². The highest BCUT2D eigenvalue weighted by molar-refractivity contribution is 5.76. The molecule has 1 saturated carbocycles. The second kappa shape index (κ2) is 6.26. The molecule has 0 radical (unpaired) electrons. The number of fused-ring (bicyclic) bond motifs is 1. The molecule has 1 aliphatic heterocycles. The molecule has 0 bridgehead atoms. The number of hydrogen-bond donors (Lipinski definition) is 2. The third kappa shape index (κ3) is 3.85. The van der Waals surface area contributed by atoms with E-state index >= 15 is 0 Å². The van der Waals surface area contributed by atoms with Crippen LogP contribution in [0.4, 0.5) is 4.79 Å². The summed E-state index contributed by atoms with van der Waals surface area (Å²) < 4.78 is 0. The quantitative estimate of drug-likeness (QED) is 0.823. The fourth-order valence-electron chi connectivity index (χ4n) is 3.40. The molecule has 0 aromatic rings. The maximum atomic E-state index is 12.1. The van der Waals surface area contributed by atoms with Crippen molar-refractivity contribution in [2.24, 2.45) is 11.8 Å². The van der Waals surface area contributed by atoms with E-state index in [9.17, 15) is 9.59 Å². The Kier molecular flexibility index (Phi) is 4.66. The van der Waals surface area contributed by atoms with E-state index in [4.69, 9.17) is 5.11 Å². The van der Waals surface area contributed by atoms with Gasteiger partial charge < -0.3 is 15.3 Å². The van der Waals surface area contributed by atoms with Gasteiger partial charge in [0.15, 0.2) is 0 Å². The van der Waals surface area contributed by atoms with Crippen molar-refractivity contribution < 1.29 is 14.7 Å². The van der Waals surface area contributed by atoms with Crippen LogP contribution in [0, 0.1) is 11.8 Å². The SMILES string of the molecule is CC(CC(=O)O)NC(=O)N1CCC2CCCCC2C1. The predicted molar refractivity (Wildman–Crippen MR) is 71.9 cm³/mol. The number of rotatable bonds is 3. The number of piperidine rings is 1. The number of urea groups is 1.